The molecule has 1 N–H and O–H groups in total. The normalized spacial score (nSPS) is 23.5. The Morgan fingerprint density at radius 3 is 2.68 bits per heavy atom. The third-order valence-corrected chi connectivity index (χ3v) is 4.01. The lowest BCUT2D eigenvalue weighted by Gasteiger charge is -2.34. The van der Waals surface area contributed by atoms with E-state index < -0.39 is 28.5 Å². The van der Waals surface area contributed by atoms with Gasteiger partial charge in [-0.15, -0.1) is 0 Å². The highest BCUT2D eigenvalue weighted by Crippen LogP contribution is 2.35. The van der Waals surface area contributed by atoms with Crippen LogP contribution in [0.15, 0.2) is 18.2 Å². The van der Waals surface area contributed by atoms with Crippen LogP contribution in [-0.4, -0.2) is 34.1 Å². The van der Waals surface area contributed by atoms with Crippen molar-refractivity contribution in [3.05, 3.63) is 39.4 Å². The van der Waals surface area contributed by atoms with Crippen LogP contribution >= 0.6 is 0 Å². The summed E-state index contributed by atoms with van der Waals surface area (Å²) in [5, 5.41) is 20.5. The Morgan fingerprint density at radius 1 is 1.45 bits per heavy atom. The van der Waals surface area contributed by atoms with Crippen LogP contribution in [0.25, 0.3) is 0 Å². The van der Waals surface area contributed by atoms with Crippen LogP contribution in [0.1, 0.15) is 24.5 Å². The van der Waals surface area contributed by atoms with E-state index in [-0.39, 0.29) is 18.0 Å². The van der Waals surface area contributed by atoms with Crippen LogP contribution in [0.4, 0.5) is 18.9 Å². The molecule has 1 aliphatic rings. The standard InChI is InChI=1S/C14H17F3N2O3/c1-9-4-5-18(8-13(9)20)7-10-2-3-11(19(21)22)6-12(10)14(15,16)17/h2-3,6,9,13,20H,4-5,7-8H2,1H3. The molecule has 0 aliphatic carbocycles. The number of nitrogens with zero attached hydrogens (tertiary/aromatic N) is 2. The number of aliphatic hydroxyl groups excluding tert-OH is 1. The van der Waals surface area contributed by atoms with Gasteiger partial charge in [-0.2, -0.15) is 13.2 Å². The summed E-state index contributed by atoms with van der Waals surface area (Å²) >= 11 is 0. The maximum atomic E-state index is 13.1. The molecule has 1 aromatic rings. The number of piperidine rings is 1. The Bertz CT molecular complexity index is 563. The number of β-amino-alcohol motifs (C(OH)–C–C–N with tert-alkyl or cyclic N) is 1. The second-order valence-corrected chi connectivity index (χ2v) is 5.66. The number of nitro benzene ring substituents is 1. The molecule has 0 spiro atoms. The molecular weight excluding hydrogens is 301 g/mol. The Morgan fingerprint density at radius 2 is 2.14 bits per heavy atom. The van der Waals surface area contributed by atoms with E-state index in [4.69, 9.17) is 0 Å². The van der Waals surface area contributed by atoms with Gasteiger partial charge in [-0.05, 0) is 24.4 Å². The molecule has 122 valence electrons. The summed E-state index contributed by atoms with van der Waals surface area (Å²) in [6.07, 6.45) is -4.51. The van der Waals surface area contributed by atoms with E-state index >= 15 is 0 Å². The van der Waals surface area contributed by atoms with E-state index in [1.54, 1.807) is 4.90 Å². The van der Waals surface area contributed by atoms with E-state index in [1.807, 2.05) is 6.92 Å². The highest BCUT2D eigenvalue weighted by atomic mass is 19.4. The third-order valence-electron chi connectivity index (χ3n) is 4.01. The fourth-order valence-corrected chi connectivity index (χ4v) is 2.58. The number of hydrogen-bond donors (Lipinski definition) is 1. The van der Waals surface area contributed by atoms with Crippen LogP contribution < -0.4 is 0 Å². The molecule has 1 aromatic carbocycles. The number of rotatable bonds is 3. The predicted molar refractivity (Wildman–Crippen MR) is 73.2 cm³/mol. The first kappa shape index (κ1) is 16.7. The van der Waals surface area contributed by atoms with Gasteiger partial charge in [0.05, 0.1) is 16.6 Å². The number of likely N-dealkylation sites (tertiary alicyclic amines) is 1. The minimum absolute atomic E-state index is 0.0105. The number of non-ortho nitro benzene ring substituents is 1. The largest absolute Gasteiger partial charge is 0.416 e. The molecule has 1 heterocycles. The number of aliphatic hydroxyl groups is 1. The summed E-state index contributed by atoms with van der Waals surface area (Å²) in [6, 6.07) is 2.79. The van der Waals surface area contributed by atoms with E-state index in [9.17, 15) is 28.4 Å². The highest BCUT2D eigenvalue weighted by molar-refractivity contribution is 5.41. The van der Waals surface area contributed by atoms with Crippen molar-refractivity contribution in [2.24, 2.45) is 5.92 Å². The summed E-state index contributed by atoms with van der Waals surface area (Å²) in [5.74, 6) is 0.121. The maximum absolute atomic E-state index is 13.1. The topological polar surface area (TPSA) is 66.6 Å². The molecule has 0 aromatic heterocycles. The molecule has 0 amide bonds. The number of halogens is 3. The zero-order valence-electron chi connectivity index (χ0n) is 12.0. The van der Waals surface area contributed by atoms with Crippen molar-refractivity contribution in [2.45, 2.75) is 32.2 Å². The summed E-state index contributed by atoms with van der Waals surface area (Å²) in [7, 11) is 0. The van der Waals surface area contributed by atoms with Gasteiger partial charge in [0.1, 0.15) is 0 Å². The second-order valence-electron chi connectivity index (χ2n) is 5.66. The van der Waals surface area contributed by atoms with Gasteiger partial charge in [-0.3, -0.25) is 15.0 Å². The lowest BCUT2D eigenvalue weighted by atomic mass is 9.95. The molecule has 8 heteroatoms. The minimum Gasteiger partial charge on any atom is -0.392 e. The summed E-state index contributed by atoms with van der Waals surface area (Å²) < 4.78 is 39.3. The SMILES string of the molecule is CC1CCN(Cc2ccc([N+](=O)[O-])cc2C(F)(F)F)CC1O. The number of benzene rings is 1. The van der Waals surface area contributed by atoms with Gasteiger partial charge in [0, 0.05) is 25.2 Å². The summed E-state index contributed by atoms with van der Waals surface area (Å²) in [6.45, 7) is 2.80. The molecule has 2 unspecified atom stereocenters. The Kier molecular flexibility index (Phi) is 4.72. The van der Waals surface area contributed by atoms with E-state index in [0.29, 0.717) is 25.6 Å². The quantitative estimate of drug-likeness (QED) is 0.687. The zero-order valence-corrected chi connectivity index (χ0v) is 12.0. The maximum Gasteiger partial charge on any atom is 0.416 e. The van der Waals surface area contributed by atoms with Gasteiger partial charge < -0.3 is 5.11 Å². The van der Waals surface area contributed by atoms with Crippen molar-refractivity contribution >= 4 is 5.69 Å². The Hall–Kier alpha value is -1.67. The lowest BCUT2D eigenvalue weighted by Crippen LogP contribution is -2.42. The third kappa shape index (κ3) is 3.75. The lowest BCUT2D eigenvalue weighted by molar-refractivity contribution is -0.385. The number of hydrogen-bond acceptors (Lipinski definition) is 4. The Labute approximate surface area is 125 Å². The summed E-state index contributed by atoms with van der Waals surface area (Å²) in [4.78, 5) is 11.6. The first-order chi connectivity index (χ1) is 10.2. The fourth-order valence-electron chi connectivity index (χ4n) is 2.58. The fraction of sp³-hybridized carbons (Fsp3) is 0.571. The van der Waals surface area contributed by atoms with E-state index in [2.05, 4.69) is 0 Å². The smallest absolute Gasteiger partial charge is 0.392 e. The monoisotopic (exact) mass is 318 g/mol. The summed E-state index contributed by atoms with van der Waals surface area (Å²) in [5.41, 5.74) is -1.59. The van der Waals surface area contributed by atoms with Crippen molar-refractivity contribution in [3.8, 4) is 0 Å². The van der Waals surface area contributed by atoms with Gasteiger partial charge in [0.25, 0.3) is 5.69 Å². The van der Waals surface area contributed by atoms with Crippen LogP contribution in [0.2, 0.25) is 0 Å². The van der Waals surface area contributed by atoms with Gasteiger partial charge in [-0.1, -0.05) is 13.0 Å². The van der Waals surface area contributed by atoms with Crippen LogP contribution in [0.5, 0.6) is 0 Å². The molecule has 1 saturated heterocycles. The van der Waals surface area contributed by atoms with Crippen molar-refractivity contribution < 1.29 is 23.2 Å². The molecule has 2 atom stereocenters. The van der Waals surface area contributed by atoms with Gasteiger partial charge in [0.15, 0.2) is 0 Å². The van der Waals surface area contributed by atoms with E-state index in [0.717, 1.165) is 12.1 Å². The number of nitro groups is 1. The van der Waals surface area contributed by atoms with Crippen LogP contribution in [0, 0.1) is 16.0 Å². The van der Waals surface area contributed by atoms with Gasteiger partial charge in [-0.25, -0.2) is 0 Å². The molecule has 22 heavy (non-hydrogen) atoms. The first-order valence-corrected chi connectivity index (χ1v) is 6.93. The van der Waals surface area contributed by atoms with Crippen molar-refractivity contribution in [3.63, 3.8) is 0 Å². The van der Waals surface area contributed by atoms with Crippen LogP contribution in [0.3, 0.4) is 0 Å². The molecule has 0 bridgehead atoms. The molecule has 5 nitrogen and oxygen atoms in total. The molecule has 2 rings (SSSR count). The van der Waals surface area contributed by atoms with Gasteiger partial charge in [0.2, 0.25) is 0 Å². The molecule has 0 saturated carbocycles. The minimum atomic E-state index is -4.65. The zero-order chi connectivity index (χ0) is 16.5. The molecule has 1 fully saturated rings. The van der Waals surface area contributed by atoms with Crippen molar-refractivity contribution in [1.29, 1.82) is 0 Å². The van der Waals surface area contributed by atoms with Crippen molar-refractivity contribution in [2.75, 3.05) is 13.1 Å². The van der Waals surface area contributed by atoms with Gasteiger partial charge >= 0.3 is 6.18 Å². The number of alkyl halides is 3. The molecule has 0 radical (unpaired) electrons. The predicted octanol–water partition coefficient (Wildman–Crippen LogP) is 2.82. The van der Waals surface area contributed by atoms with E-state index in [1.165, 1.54) is 0 Å². The average molecular weight is 318 g/mol. The Balaban J connectivity index is 2.25. The van der Waals surface area contributed by atoms with Crippen LogP contribution in [-0.2, 0) is 12.7 Å². The highest BCUT2D eigenvalue weighted by Gasteiger charge is 2.36. The average Bonchev–Trinajstić information content (AvgIpc) is 2.42. The van der Waals surface area contributed by atoms with Crippen molar-refractivity contribution in [1.82, 2.24) is 4.90 Å². The second kappa shape index (κ2) is 6.21. The molecular formula is C14H17F3N2O3. The molecule has 1 aliphatic heterocycles. The first-order valence-electron chi connectivity index (χ1n) is 6.93.